The number of aryl methyl sites for hydroxylation is 1. The Kier molecular flexibility index (Phi) is 6.47. The topological polar surface area (TPSA) is 74.2 Å². The van der Waals surface area contributed by atoms with Crippen molar-refractivity contribution in [3.63, 3.8) is 0 Å². The van der Waals surface area contributed by atoms with E-state index < -0.39 is 0 Å². The van der Waals surface area contributed by atoms with E-state index in [0.717, 1.165) is 25.7 Å². The lowest BCUT2D eigenvalue weighted by atomic mass is 9.96. The van der Waals surface area contributed by atoms with Crippen molar-refractivity contribution in [3.05, 3.63) is 11.7 Å². The maximum Gasteiger partial charge on any atom is 0.226 e. The average Bonchev–Trinajstić information content (AvgIpc) is 2.85. The summed E-state index contributed by atoms with van der Waals surface area (Å²) >= 11 is 0. The molecule has 0 spiro atoms. The number of nitrogens with two attached hydrogens (primary N) is 1. The van der Waals surface area contributed by atoms with Crippen molar-refractivity contribution in [1.82, 2.24) is 10.1 Å². The van der Waals surface area contributed by atoms with E-state index in [1.807, 2.05) is 0 Å². The van der Waals surface area contributed by atoms with Crippen LogP contribution in [0.1, 0.15) is 76.0 Å². The lowest BCUT2D eigenvalue weighted by Gasteiger charge is -2.26. The zero-order chi connectivity index (χ0) is 14.2. The summed E-state index contributed by atoms with van der Waals surface area (Å²) in [7, 11) is 0. The molecule has 114 valence electrons. The number of rotatable bonds is 10. The van der Waals surface area contributed by atoms with Gasteiger partial charge in [0.15, 0.2) is 5.82 Å². The molecule has 1 aromatic heterocycles. The summed E-state index contributed by atoms with van der Waals surface area (Å²) in [5, 5.41) is 3.96. The van der Waals surface area contributed by atoms with Gasteiger partial charge in [-0.05, 0) is 25.7 Å². The first-order valence-corrected chi connectivity index (χ1v) is 7.99. The third-order valence-corrected chi connectivity index (χ3v) is 3.87. The maximum absolute atomic E-state index is 6.02. The summed E-state index contributed by atoms with van der Waals surface area (Å²) in [6, 6.07) is -0.270. The average molecular weight is 281 g/mol. The number of nitrogens with zero attached hydrogens (tertiary/aromatic N) is 2. The Morgan fingerprint density at radius 1 is 1.30 bits per heavy atom. The van der Waals surface area contributed by atoms with E-state index in [1.165, 1.54) is 32.1 Å². The highest BCUT2D eigenvalue weighted by molar-refractivity contribution is 4.93. The lowest BCUT2D eigenvalue weighted by Crippen LogP contribution is -2.27. The predicted molar refractivity (Wildman–Crippen MR) is 77.3 cm³/mol. The zero-order valence-electron chi connectivity index (χ0n) is 12.5. The quantitative estimate of drug-likeness (QED) is 0.667. The van der Waals surface area contributed by atoms with E-state index in [1.54, 1.807) is 0 Å². The first-order chi connectivity index (χ1) is 9.79. The molecule has 0 saturated heterocycles. The number of hydrogen-bond acceptors (Lipinski definition) is 5. The molecule has 0 bridgehead atoms. The van der Waals surface area contributed by atoms with Crippen LogP contribution < -0.4 is 5.73 Å². The van der Waals surface area contributed by atoms with Gasteiger partial charge in [-0.15, -0.1) is 0 Å². The fraction of sp³-hybridized carbons (Fsp3) is 0.867. The van der Waals surface area contributed by atoms with Gasteiger partial charge in [-0.25, -0.2) is 0 Å². The highest BCUT2D eigenvalue weighted by atomic mass is 16.5. The number of ether oxygens (including phenoxy) is 1. The van der Waals surface area contributed by atoms with Gasteiger partial charge >= 0.3 is 0 Å². The van der Waals surface area contributed by atoms with Crippen LogP contribution in [0.5, 0.6) is 0 Å². The SMILES string of the molecule is CCCCCCCc1nc(C(N)COC2CCC2)no1. The number of unbranched alkanes of at least 4 members (excludes halogenated alkanes) is 4. The Morgan fingerprint density at radius 2 is 2.10 bits per heavy atom. The van der Waals surface area contributed by atoms with Crippen LogP contribution in [0, 0.1) is 0 Å². The largest absolute Gasteiger partial charge is 0.376 e. The monoisotopic (exact) mass is 281 g/mol. The van der Waals surface area contributed by atoms with Gasteiger partial charge in [-0.3, -0.25) is 0 Å². The molecule has 0 amide bonds. The molecule has 1 unspecified atom stereocenters. The molecule has 0 aromatic carbocycles. The van der Waals surface area contributed by atoms with Crippen LogP contribution >= 0.6 is 0 Å². The molecule has 1 aromatic rings. The number of aromatic nitrogens is 2. The molecular formula is C15H27N3O2. The van der Waals surface area contributed by atoms with Gasteiger partial charge in [0.1, 0.15) is 0 Å². The Morgan fingerprint density at radius 3 is 2.80 bits per heavy atom. The van der Waals surface area contributed by atoms with E-state index in [9.17, 15) is 0 Å². The minimum atomic E-state index is -0.270. The maximum atomic E-state index is 6.02. The van der Waals surface area contributed by atoms with Crippen molar-refractivity contribution < 1.29 is 9.26 Å². The summed E-state index contributed by atoms with van der Waals surface area (Å²) in [6.45, 7) is 2.71. The third kappa shape index (κ3) is 4.87. The van der Waals surface area contributed by atoms with Gasteiger partial charge in [-0.1, -0.05) is 37.8 Å². The molecule has 1 saturated carbocycles. The van der Waals surface area contributed by atoms with Crippen molar-refractivity contribution in [3.8, 4) is 0 Å². The van der Waals surface area contributed by atoms with E-state index in [-0.39, 0.29) is 6.04 Å². The summed E-state index contributed by atoms with van der Waals surface area (Å²) in [4.78, 5) is 4.37. The molecule has 1 atom stereocenters. The number of hydrogen-bond donors (Lipinski definition) is 1. The first kappa shape index (κ1) is 15.4. The second kappa shape index (κ2) is 8.37. The van der Waals surface area contributed by atoms with Crippen LogP contribution in [0.15, 0.2) is 4.52 Å². The minimum absolute atomic E-state index is 0.270. The predicted octanol–water partition coefficient (Wildman–Crippen LogP) is 3.15. The molecule has 5 nitrogen and oxygen atoms in total. The first-order valence-electron chi connectivity index (χ1n) is 7.99. The van der Waals surface area contributed by atoms with Gasteiger partial charge in [0, 0.05) is 6.42 Å². The summed E-state index contributed by atoms with van der Waals surface area (Å²) in [5.41, 5.74) is 6.02. The van der Waals surface area contributed by atoms with Crippen LogP contribution in [0.25, 0.3) is 0 Å². The van der Waals surface area contributed by atoms with E-state index in [2.05, 4.69) is 17.1 Å². The second-order valence-electron chi connectivity index (χ2n) is 5.70. The molecule has 1 aliphatic carbocycles. The third-order valence-electron chi connectivity index (χ3n) is 3.87. The molecule has 0 aliphatic heterocycles. The van der Waals surface area contributed by atoms with Gasteiger partial charge in [0.2, 0.25) is 5.89 Å². The molecule has 1 aliphatic rings. The van der Waals surface area contributed by atoms with E-state index in [4.69, 9.17) is 15.0 Å². The van der Waals surface area contributed by atoms with Gasteiger partial charge < -0.3 is 15.0 Å². The molecule has 20 heavy (non-hydrogen) atoms. The summed E-state index contributed by atoms with van der Waals surface area (Å²) < 4.78 is 10.9. The van der Waals surface area contributed by atoms with Gasteiger partial charge in [0.25, 0.3) is 0 Å². The van der Waals surface area contributed by atoms with Crippen molar-refractivity contribution in [2.24, 2.45) is 5.73 Å². The Bertz CT molecular complexity index is 377. The summed E-state index contributed by atoms with van der Waals surface area (Å²) in [6.07, 6.45) is 11.0. The molecule has 2 rings (SSSR count). The van der Waals surface area contributed by atoms with E-state index >= 15 is 0 Å². The second-order valence-corrected chi connectivity index (χ2v) is 5.70. The molecular weight excluding hydrogens is 254 g/mol. The fourth-order valence-electron chi connectivity index (χ4n) is 2.25. The normalized spacial score (nSPS) is 17.1. The Balaban J connectivity index is 1.64. The lowest BCUT2D eigenvalue weighted by molar-refractivity contribution is -0.00549. The van der Waals surface area contributed by atoms with Crippen molar-refractivity contribution in [2.45, 2.75) is 76.9 Å². The van der Waals surface area contributed by atoms with Gasteiger partial charge in [-0.2, -0.15) is 4.98 Å². The smallest absolute Gasteiger partial charge is 0.226 e. The van der Waals surface area contributed by atoms with Crippen molar-refractivity contribution >= 4 is 0 Å². The van der Waals surface area contributed by atoms with Gasteiger partial charge in [0.05, 0.1) is 18.8 Å². The highest BCUT2D eigenvalue weighted by Crippen LogP contribution is 2.23. The molecule has 0 radical (unpaired) electrons. The minimum Gasteiger partial charge on any atom is -0.376 e. The van der Waals surface area contributed by atoms with Crippen LogP contribution in [-0.2, 0) is 11.2 Å². The van der Waals surface area contributed by atoms with Crippen LogP contribution in [0.2, 0.25) is 0 Å². The van der Waals surface area contributed by atoms with Crippen molar-refractivity contribution in [1.29, 1.82) is 0 Å². The molecule has 2 N–H and O–H groups in total. The fourth-order valence-corrected chi connectivity index (χ4v) is 2.25. The molecule has 1 fully saturated rings. The highest BCUT2D eigenvalue weighted by Gasteiger charge is 2.21. The standard InChI is InChI=1S/C15H27N3O2/c1-2-3-4-5-6-10-14-17-15(18-20-14)13(16)11-19-12-8-7-9-12/h12-13H,2-11,16H2,1H3. The summed E-state index contributed by atoms with van der Waals surface area (Å²) in [5.74, 6) is 1.28. The van der Waals surface area contributed by atoms with Crippen LogP contribution in [-0.4, -0.2) is 22.9 Å². The zero-order valence-corrected chi connectivity index (χ0v) is 12.5. The van der Waals surface area contributed by atoms with Crippen molar-refractivity contribution in [2.75, 3.05) is 6.61 Å². The van der Waals surface area contributed by atoms with Crippen LogP contribution in [0.3, 0.4) is 0 Å². The van der Waals surface area contributed by atoms with E-state index in [0.29, 0.717) is 24.4 Å². The molecule has 1 heterocycles. The van der Waals surface area contributed by atoms with Crippen LogP contribution in [0.4, 0.5) is 0 Å². The molecule has 5 heteroatoms. The Labute approximate surface area is 121 Å². The Hall–Kier alpha value is -0.940.